The number of rotatable bonds is 8. The van der Waals surface area contributed by atoms with E-state index in [1.807, 2.05) is 34.9 Å². The molecule has 2 rings (SSSR count). The van der Waals surface area contributed by atoms with Gasteiger partial charge in [0.2, 0.25) is 0 Å². The standard InChI is InChI=1S/C24H40N4O4/c1-23(2,3)32-22(29)27(15-9-8-14-25(6)7)19-10-11-20(28(30)31)21(18-19)26-16-12-24(4,5)13-17-26/h10-11,18H,8-9,12-17H2,1-7H3. The van der Waals surface area contributed by atoms with Crippen molar-refractivity contribution in [3.63, 3.8) is 0 Å². The number of unbranched alkanes of at least 4 members (excludes halogenated alkanes) is 1. The summed E-state index contributed by atoms with van der Waals surface area (Å²) in [5, 5.41) is 11.7. The fourth-order valence-electron chi connectivity index (χ4n) is 3.78. The van der Waals surface area contributed by atoms with Crippen LogP contribution in [0.5, 0.6) is 0 Å². The monoisotopic (exact) mass is 448 g/mol. The van der Waals surface area contributed by atoms with Crippen molar-refractivity contribution in [2.45, 2.75) is 65.9 Å². The highest BCUT2D eigenvalue weighted by Crippen LogP contribution is 2.38. The molecule has 1 heterocycles. The topological polar surface area (TPSA) is 79.2 Å². The van der Waals surface area contributed by atoms with E-state index < -0.39 is 11.7 Å². The molecule has 0 spiro atoms. The molecule has 32 heavy (non-hydrogen) atoms. The lowest BCUT2D eigenvalue weighted by molar-refractivity contribution is -0.384. The number of benzene rings is 1. The van der Waals surface area contributed by atoms with Crippen LogP contribution in [0.4, 0.5) is 21.9 Å². The molecule has 1 aromatic carbocycles. The highest BCUT2D eigenvalue weighted by Gasteiger charge is 2.30. The number of amides is 1. The highest BCUT2D eigenvalue weighted by molar-refractivity contribution is 5.89. The molecule has 0 atom stereocenters. The van der Waals surface area contributed by atoms with Crippen LogP contribution < -0.4 is 9.80 Å². The van der Waals surface area contributed by atoms with E-state index in [1.54, 1.807) is 17.0 Å². The summed E-state index contributed by atoms with van der Waals surface area (Å²) in [5.41, 5.74) is 0.892. The number of carbonyl (C=O) groups is 1. The van der Waals surface area contributed by atoms with Crippen LogP contribution in [0, 0.1) is 15.5 Å². The Morgan fingerprint density at radius 1 is 1.16 bits per heavy atom. The second-order valence-electron chi connectivity index (χ2n) is 10.7. The Morgan fingerprint density at radius 3 is 2.28 bits per heavy atom. The number of hydrogen-bond donors (Lipinski definition) is 0. The fourth-order valence-corrected chi connectivity index (χ4v) is 3.78. The van der Waals surface area contributed by atoms with Crippen molar-refractivity contribution < 1.29 is 14.5 Å². The SMILES string of the molecule is CN(C)CCCCN(C(=O)OC(C)(C)C)c1ccc([N+](=O)[O-])c(N2CCC(C)(C)CC2)c1. The van der Waals surface area contributed by atoms with Crippen LogP contribution in [0.3, 0.4) is 0 Å². The van der Waals surface area contributed by atoms with Gasteiger partial charge in [-0.1, -0.05) is 13.8 Å². The van der Waals surface area contributed by atoms with Gasteiger partial charge in [-0.3, -0.25) is 15.0 Å². The maximum atomic E-state index is 13.0. The van der Waals surface area contributed by atoms with Gasteiger partial charge < -0.3 is 14.5 Å². The molecule has 180 valence electrons. The van der Waals surface area contributed by atoms with Crippen molar-refractivity contribution in [2.24, 2.45) is 5.41 Å². The molecule has 0 unspecified atom stereocenters. The van der Waals surface area contributed by atoms with Gasteiger partial charge >= 0.3 is 6.09 Å². The van der Waals surface area contributed by atoms with Crippen molar-refractivity contribution in [1.82, 2.24) is 4.90 Å². The molecule has 1 aliphatic rings. The summed E-state index contributed by atoms with van der Waals surface area (Å²) in [7, 11) is 4.04. The molecule has 8 nitrogen and oxygen atoms in total. The molecule has 1 amide bonds. The average molecular weight is 449 g/mol. The third-order valence-corrected chi connectivity index (χ3v) is 5.78. The molecule has 0 bridgehead atoms. The Hall–Kier alpha value is -2.35. The van der Waals surface area contributed by atoms with E-state index in [-0.39, 0.29) is 16.0 Å². The lowest BCUT2D eigenvalue weighted by Gasteiger charge is -2.38. The van der Waals surface area contributed by atoms with Gasteiger partial charge in [0.1, 0.15) is 11.3 Å². The van der Waals surface area contributed by atoms with Crippen LogP contribution in [0.25, 0.3) is 0 Å². The van der Waals surface area contributed by atoms with Crippen LogP contribution >= 0.6 is 0 Å². The van der Waals surface area contributed by atoms with E-state index in [9.17, 15) is 14.9 Å². The molecule has 1 aliphatic heterocycles. The molecule has 0 N–H and O–H groups in total. The second-order valence-corrected chi connectivity index (χ2v) is 10.7. The summed E-state index contributed by atoms with van der Waals surface area (Å²) >= 11 is 0. The van der Waals surface area contributed by atoms with Crippen LogP contribution in [0.2, 0.25) is 0 Å². The minimum absolute atomic E-state index is 0.0743. The summed E-state index contributed by atoms with van der Waals surface area (Å²) in [6.45, 7) is 12.9. The van der Waals surface area contributed by atoms with Crippen molar-refractivity contribution >= 4 is 23.2 Å². The van der Waals surface area contributed by atoms with E-state index in [0.29, 0.717) is 17.9 Å². The van der Waals surface area contributed by atoms with Gasteiger partial charge in [0.05, 0.1) is 4.92 Å². The summed E-state index contributed by atoms with van der Waals surface area (Å²) in [6, 6.07) is 4.96. The van der Waals surface area contributed by atoms with Crippen LogP contribution in [0.15, 0.2) is 18.2 Å². The molecule has 1 saturated heterocycles. The molecule has 1 fully saturated rings. The predicted octanol–water partition coefficient (Wildman–Crippen LogP) is 5.30. The van der Waals surface area contributed by atoms with Gasteiger partial charge in [-0.05, 0) is 84.6 Å². The number of anilines is 2. The lowest BCUT2D eigenvalue weighted by atomic mass is 9.82. The number of carbonyl (C=O) groups excluding carboxylic acids is 1. The normalized spacial score (nSPS) is 16.2. The maximum Gasteiger partial charge on any atom is 0.414 e. The van der Waals surface area contributed by atoms with E-state index in [0.717, 1.165) is 45.3 Å². The number of piperidine rings is 1. The number of nitrogens with zero attached hydrogens (tertiary/aromatic N) is 4. The molecule has 0 aliphatic carbocycles. The molecule has 0 radical (unpaired) electrons. The van der Waals surface area contributed by atoms with E-state index in [2.05, 4.69) is 23.6 Å². The van der Waals surface area contributed by atoms with Gasteiger partial charge in [-0.25, -0.2) is 4.79 Å². The number of hydrogen-bond acceptors (Lipinski definition) is 6. The fraction of sp³-hybridized carbons (Fsp3) is 0.708. The van der Waals surface area contributed by atoms with E-state index >= 15 is 0 Å². The first-order valence-electron chi connectivity index (χ1n) is 11.5. The van der Waals surface area contributed by atoms with Gasteiger partial charge in [0.25, 0.3) is 5.69 Å². The zero-order chi connectivity index (χ0) is 24.1. The van der Waals surface area contributed by atoms with Crippen LogP contribution in [-0.4, -0.2) is 61.8 Å². The van der Waals surface area contributed by atoms with E-state index in [1.165, 1.54) is 6.07 Å². The Labute approximate surface area is 192 Å². The summed E-state index contributed by atoms with van der Waals surface area (Å²) in [6.07, 6.45) is 3.25. The Kier molecular flexibility index (Phi) is 8.51. The third-order valence-electron chi connectivity index (χ3n) is 5.78. The molecular formula is C24H40N4O4. The minimum atomic E-state index is -0.624. The third kappa shape index (κ3) is 7.65. The van der Waals surface area contributed by atoms with Crippen LogP contribution in [0.1, 0.15) is 60.3 Å². The van der Waals surface area contributed by atoms with E-state index in [4.69, 9.17) is 4.74 Å². The average Bonchev–Trinajstić information content (AvgIpc) is 2.65. The summed E-state index contributed by atoms with van der Waals surface area (Å²) in [4.78, 5) is 30.2. The summed E-state index contributed by atoms with van der Waals surface area (Å²) < 4.78 is 5.65. The quantitative estimate of drug-likeness (QED) is 0.305. The maximum absolute atomic E-state index is 13.0. The van der Waals surface area contributed by atoms with Crippen LogP contribution in [-0.2, 0) is 4.74 Å². The smallest absolute Gasteiger partial charge is 0.414 e. The van der Waals surface area contributed by atoms with Crippen molar-refractivity contribution in [3.05, 3.63) is 28.3 Å². The zero-order valence-electron chi connectivity index (χ0n) is 20.8. The molecule has 8 heteroatoms. The second kappa shape index (κ2) is 10.5. The van der Waals surface area contributed by atoms with Crippen molar-refractivity contribution in [3.8, 4) is 0 Å². The Balaban J connectivity index is 2.34. The first kappa shape index (κ1) is 25.9. The van der Waals surface area contributed by atoms with Gasteiger partial charge in [0, 0.05) is 31.4 Å². The Morgan fingerprint density at radius 2 is 1.75 bits per heavy atom. The largest absolute Gasteiger partial charge is 0.443 e. The van der Waals surface area contributed by atoms with Crippen molar-refractivity contribution in [1.29, 1.82) is 0 Å². The summed E-state index contributed by atoms with van der Waals surface area (Å²) in [5.74, 6) is 0. The van der Waals surface area contributed by atoms with Crippen molar-refractivity contribution in [2.75, 3.05) is 50.1 Å². The highest BCUT2D eigenvalue weighted by atomic mass is 16.6. The predicted molar refractivity (Wildman–Crippen MR) is 130 cm³/mol. The molecule has 0 saturated carbocycles. The minimum Gasteiger partial charge on any atom is -0.443 e. The first-order chi connectivity index (χ1) is 14.8. The number of ether oxygens (including phenoxy) is 1. The van der Waals surface area contributed by atoms with Gasteiger partial charge in [-0.2, -0.15) is 0 Å². The lowest BCUT2D eigenvalue weighted by Crippen LogP contribution is -2.39. The number of nitro benzene ring substituents is 1. The Bertz CT molecular complexity index is 792. The number of nitro groups is 1. The van der Waals surface area contributed by atoms with Gasteiger partial charge in [-0.15, -0.1) is 0 Å². The van der Waals surface area contributed by atoms with Gasteiger partial charge in [0.15, 0.2) is 0 Å². The molecule has 1 aromatic rings. The molecule has 0 aromatic heterocycles. The molecular weight excluding hydrogens is 408 g/mol. The zero-order valence-corrected chi connectivity index (χ0v) is 20.8. The first-order valence-corrected chi connectivity index (χ1v) is 11.5.